The van der Waals surface area contributed by atoms with Gasteiger partial charge in [-0.2, -0.15) is 0 Å². The van der Waals surface area contributed by atoms with Gasteiger partial charge in [-0.25, -0.2) is 0 Å². The van der Waals surface area contributed by atoms with Crippen molar-refractivity contribution < 1.29 is 0 Å². The lowest BCUT2D eigenvalue weighted by Gasteiger charge is -2.22. The van der Waals surface area contributed by atoms with Crippen molar-refractivity contribution in [3.8, 4) is 0 Å². The summed E-state index contributed by atoms with van der Waals surface area (Å²) < 4.78 is 0. The number of nitrogens with one attached hydrogen (secondary N) is 1. The standard InChI is InChI=1S/C14H21N3/c1-9-4-5-13(12(6-9)14(15)16)17-7-10(2)11(3)8-17/h4-6,10-11H,7-8H2,1-3H3,(H3,15,16). The molecular weight excluding hydrogens is 210 g/mol. The van der Waals surface area contributed by atoms with Crippen LogP contribution in [0.5, 0.6) is 0 Å². The van der Waals surface area contributed by atoms with Gasteiger partial charge in [0, 0.05) is 24.3 Å². The lowest BCUT2D eigenvalue weighted by Crippen LogP contribution is -2.24. The lowest BCUT2D eigenvalue weighted by atomic mass is 10.0. The van der Waals surface area contributed by atoms with Crippen molar-refractivity contribution in [1.82, 2.24) is 0 Å². The first-order valence-electron chi connectivity index (χ1n) is 6.19. The van der Waals surface area contributed by atoms with Crippen molar-refractivity contribution in [3.63, 3.8) is 0 Å². The number of nitrogens with zero attached hydrogens (tertiary/aromatic N) is 1. The minimum absolute atomic E-state index is 0.163. The molecule has 0 saturated carbocycles. The van der Waals surface area contributed by atoms with Gasteiger partial charge >= 0.3 is 0 Å². The summed E-state index contributed by atoms with van der Waals surface area (Å²) in [6, 6.07) is 6.19. The Morgan fingerprint density at radius 2 is 1.88 bits per heavy atom. The highest BCUT2D eigenvalue weighted by Gasteiger charge is 2.27. The highest BCUT2D eigenvalue weighted by molar-refractivity contribution is 6.00. The van der Waals surface area contributed by atoms with Crippen molar-refractivity contribution in [2.24, 2.45) is 17.6 Å². The molecule has 1 fully saturated rings. The number of anilines is 1. The SMILES string of the molecule is Cc1ccc(N2CC(C)C(C)C2)c(C(=N)N)c1. The molecule has 1 aliphatic heterocycles. The fraction of sp³-hybridized carbons (Fsp3) is 0.500. The van der Waals surface area contributed by atoms with E-state index in [9.17, 15) is 0 Å². The van der Waals surface area contributed by atoms with E-state index in [1.54, 1.807) is 0 Å². The number of hydrogen-bond donors (Lipinski definition) is 2. The Bertz CT molecular complexity index is 429. The van der Waals surface area contributed by atoms with E-state index in [-0.39, 0.29) is 5.84 Å². The number of hydrogen-bond acceptors (Lipinski definition) is 2. The minimum Gasteiger partial charge on any atom is -0.384 e. The molecule has 0 aliphatic carbocycles. The van der Waals surface area contributed by atoms with Gasteiger partial charge in [0.25, 0.3) is 0 Å². The molecule has 0 radical (unpaired) electrons. The summed E-state index contributed by atoms with van der Waals surface area (Å²) >= 11 is 0. The second-order valence-corrected chi connectivity index (χ2v) is 5.29. The number of aryl methyl sites for hydroxylation is 1. The predicted octanol–water partition coefficient (Wildman–Crippen LogP) is 2.37. The maximum atomic E-state index is 7.69. The third-order valence-electron chi connectivity index (χ3n) is 3.77. The Morgan fingerprint density at radius 1 is 1.29 bits per heavy atom. The first kappa shape index (κ1) is 12.0. The number of benzene rings is 1. The summed E-state index contributed by atoms with van der Waals surface area (Å²) in [5, 5.41) is 7.69. The fourth-order valence-electron chi connectivity index (χ4n) is 2.47. The molecular formula is C14H21N3. The molecule has 2 rings (SSSR count). The molecule has 3 heteroatoms. The zero-order valence-corrected chi connectivity index (χ0v) is 10.8. The van der Waals surface area contributed by atoms with Gasteiger partial charge in [0.05, 0.1) is 0 Å². The van der Waals surface area contributed by atoms with Gasteiger partial charge in [0.15, 0.2) is 0 Å². The van der Waals surface area contributed by atoms with Crippen LogP contribution in [-0.2, 0) is 0 Å². The second kappa shape index (κ2) is 4.40. The predicted molar refractivity (Wildman–Crippen MR) is 72.7 cm³/mol. The van der Waals surface area contributed by atoms with E-state index in [4.69, 9.17) is 11.1 Å². The average Bonchev–Trinajstić information content (AvgIpc) is 2.59. The largest absolute Gasteiger partial charge is 0.384 e. The fourth-order valence-corrected chi connectivity index (χ4v) is 2.47. The van der Waals surface area contributed by atoms with Crippen LogP contribution in [0.3, 0.4) is 0 Å². The van der Waals surface area contributed by atoms with Crippen LogP contribution in [0.4, 0.5) is 5.69 Å². The van der Waals surface area contributed by atoms with Crippen LogP contribution in [0.1, 0.15) is 25.0 Å². The summed E-state index contributed by atoms with van der Waals surface area (Å²) in [7, 11) is 0. The Kier molecular flexibility index (Phi) is 3.09. The molecule has 92 valence electrons. The van der Waals surface area contributed by atoms with E-state index in [0.29, 0.717) is 11.8 Å². The number of amidine groups is 1. The van der Waals surface area contributed by atoms with Crippen LogP contribution in [0.15, 0.2) is 18.2 Å². The van der Waals surface area contributed by atoms with Crippen LogP contribution in [0, 0.1) is 24.2 Å². The summed E-state index contributed by atoms with van der Waals surface area (Å²) in [6.07, 6.45) is 0. The van der Waals surface area contributed by atoms with Gasteiger partial charge in [-0.05, 0) is 30.9 Å². The minimum atomic E-state index is 0.163. The Hall–Kier alpha value is -1.51. The summed E-state index contributed by atoms with van der Waals surface area (Å²) in [5.41, 5.74) is 8.81. The molecule has 1 aromatic rings. The third-order valence-corrected chi connectivity index (χ3v) is 3.77. The smallest absolute Gasteiger partial charge is 0.124 e. The van der Waals surface area contributed by atoms with Crippen LogP contribution in [0.2, 0.25) is 0 Å². The van der Waals surface area contributed by atoms with E-state index in [1.807, 2.05) is 13.0 Å². The number of rotatable bonds is 2. The zero-order chi connectivity index (χ0) is 12.6. The first-order valence-corrected chi connectivity index (χ1v) is 6.19. The maximum absolute atomic E-state index is 7.69. The molecule has 0 amide bonds. The van der Waals surface area contributed by atoms with Crippen LogP contribution >= 0.6 is 0 Å². The molecule has 0 bridgehead atoms. The highest BCUT2D eigenvalue weighted by atomic mass is 15.2. The van der Waals surface area contributed by atoms with Crippen molar-refractivity contribution in [3.05, 3.63) is 29.3 Å². The van der Waals surface area contributed by atoms with E-state index in [1.165, 1.54) is 0 Å². The Morgan fingerprint density at radius 3 is 2.41 bits per heavy atom. The number of nitrogens with two attached hydrogens (primary N) is 1. The van der Waals surface area contributed by atoms with Crippen LogP contribution < -0.4 is 10.6 Å². The third kappa shape index (κ3) is 2.28. The molecule has 1 aliphatic rings. The molecule has 1 saturated heterocycles. The first-order chi connectivity index (χ1) is 7.99. The van der Waals surface area contributed by atoms with E-state index in [0.717, 1.165) is 29.9 Å². The Labute approximate surface area is 103 Å². The van der Waals surface area contributed by atoms with Crippen molar-refractivity contribution in [2.45, 2.75) is 20.8 Å². The molecule has 0 aromatic heterocycles. The van der Waals surface area contributed by atoms with Gasteiger partial charge in [-0.15, -0.1) is 0 Å². The zero-order valence-electron chi connectivity index (χ0n) is 10.8. The monoisotopic (exact) mass is 231 g/mol. The van der Waals surface area contributed by atoms with Crippen molar-refractivity contribution in [2.75, 3.05) is 18.0 Å². The summed E-state index contributed by atoms with van der Waals surface area (Å²) in [6.45, 7) is 8.72. The van der Waals surface area contributed by atoms with E-state index in [2.05, 4.69) is 30.9 Å². The van der Waals surface area contributed by atoms with Gasteiger partial charge < -0.3 is 10.6 Å². The van der Waals surface area contributed by atoms with Crippen molar-refractivity contribution in [1.29, 1.82) is 5.41 Å². The van der Waals surface area contributed by atoms with Gasteiger partial charge in [0.2, 0.25) is 0 Å². The molecule has 2 unspecified atom stereocenters. The topological polar surface area (TPSA) is 53.1 Å². The van der Waals surface area contributed by atoms with Crippen LogP contribution in [-0.4, -0.2) is 18.9 Å². The maximum Gasteiger partial charge on any atom is 0.124 e. The molecule has 1 heterocycles. The van der Waals surface area contributed by atoms with E-state index >= 15 is 0 Å². The average molecular weight is 231 g/mol. The van der Waals surface area contributed by atoms with Crippen LogP contribution in [0.25, 0.3) is 0 Å². The molecule has 1 aromatic carbocycles. The normalized spacial score (nSPS) is 24.1. The second-order valence-electron chi connectivity index (χ2n) is 5.29. The summed E-state index contributed by atoms with van der Waals surface area (Å²) in [4.78, 5) is 2.35. The molecule has 17 heavy (non-hydrogen) atoms. The lowest BCUT2D eigenvalue weighted by molar-refractivity contribution is 0.494. The van der Waals surface area contributed by atoms with Gasteiger partial charge in [-0.1, -0.05) is 25.5 Å². The van der Waals surface area contributed by atoms with Crippen molar-refractivity contribution >= 4 is 11.5 Å². The summed E-state index contributed by atoms with van der Waals surface area (Å²) in [5.74, 6) is 1.57. The number of nitrogen functional groups attached to an aromatic ring is 1. The molecule has 3 nitrogen and oxygen atoms in total. The van der Waals surface area contributed by atoms with Gasteiger partial charge in [0.1, 0.15) is 5.84 Å². The Balaban J connectivity index is 2.36. The molecule has 3 N–H and O–H groups in total. The van der Waals surface area contributed by atoms with Gasteiger partial charge in [-0.3, -0.25) is 5.41 Å². The van der Waals surface area contributed by atoms with E-state index < -0.39 is 0 Å². The quantitative estimate of drug-likeness (QED) is 0.606. The highest BCUT2D eigenvalue weighted by Crippen LogP contribution is 2.30. The molecule has 0 spiro atoms. The molecule has 2 atom stereocenters.